The number of rotatable bonds is 10. The van der Waals surface area contributed by atoms with Crippen molar-refractivity contribution >= 4 is 29.6 Å². The molecule has 0 fully saturated rings. The average Bonchev–Trinajstić information content (AvgIpc) is 2.63. The van der Waals surface area contributed by atoms with E-state index in [4.69, 9.17) is 25.8 Å². The van der Waals surface area contributed by atoms with Gasteiger partial charge in [-0.3, -0.25) is 9.59 Å². The first-order valence-electron chi connectivity index (χ1n) is 9.80. The standard InChI is InChI=1S/C22H33ClN2O5/c1-8-29-21-17(23)13-16(14-18(21)28-7)9-10-19(26)25(12-11-24(5)6)15-20(27)30-22(2,3)4/h9-10,13-14H,8,11-12,15H2,1-7H3/b10-9+. The van der Waals surface area contributed by atoms with E-state index in [2.05, 4.69) is 0 Å². The van der Waals surface area contributed by atoms with Crippen LogP contribution in [0.4, 0.5) is 0 Å². The fourth-order valence-electron chi connectivity index (χ4n) is 2.51. The van der Waals surface area contributed by atoms with Crippen LogP contribution >= 0.6 is 11.6 Å². The first-order valence-corrected chi connectivity index (χ1v) is 10.2. The SMILES string of the molecule is CCOc1c(Cl)cc(/C=C/C(=O)N(CCN(C)C)CC(=O)OC(C)(C)C)cc1OC. The minimum absolute atomic E-state index is 0.123. The summed E-state index contributed by atoms with van der Waals surface area (Å²) in [7, 11) is 5.33. The molecule has 1 rings (SSSR count). The summed E-state index contributed by atoms with van der Waals surface area (Å²) < 4.78 is 16.2. The Morgan fingerprint density at radius 3 is 2.37 bits per heavy atom. The molecule has 0 atom stereocenters. The predicted molar refractivity (Wildman–Crippen MR) is 119 cm³/mol. The van der Waals surface area contributed by atoms with Crippen molar-refractivity contribution in [2.24, 2.45) is 0 Å². The topological polar surface area (TPSA) is 68.3 Å². The fourth-order valence-corrected chi connectivity index (χ4v) is 2.78. The van der Waals surface area contributed by atoms with Crippen LogP contribution in [-0.4, -0.2) is 74.7 Å². The minimum Gasteiger partial charge on any atom is -0.493 e. The number of carbonyl (C=O) groups excluding carboxylic acids is 2. The highest BCUT2D eigenvalue weighted by Gasteiger charge is 2.21. The Kier molecular flexibility index (Phi) is 10.2. The van der Waals surface area contributed by atoms with E-state index >= 15 is 0 Å². The summed E-state index contributed by atoms with van der Waals surface area (Å²) in [5.41, 5.74) is 0.0668. The molecule has 0 spiro atoms. The van der Waals surface area contributed by atoms with E-state index < -0.39 is 11.6 Å². The highest BCUT2D eigenvalue weighted by molar-refractivity contribution is 6.32. The minimum atomic E-state index is -0.612. The van der Waals surface area contributed by atoms with Crippen LogP contribution in [0.3, 0.4) is 0 Å². The largest absolute Gasteiger partial charge is 0.493 e. The summed E-state index contributed by atoms with van der Waals surface area (Å²) in [6.07, 6.45) is 3.04. The number of halogens is 1. The molecular formula is C22H33ClN2O5. The van der Waals surface area contributed by atoms with Crippen LogP contribution in [0.25, 0.3) is 6.08 Å². The van der Waals surface area contributed by atoms with Crippen molar-refractivity contribution in [1.29, 1.82) is 0 Å². The predicted octanol–water partition coefficient (Wildman–Crippen LogP) is 3.49. The van der Waals surface area contributed by atoms with Gasteiger partial charge in [-0.25, -0.2) is 0 Å². The highest BCUT2D eigenvalue weighted by atomic mass is 35.5. The molecule has 0 aliphatic rings. The monoisotopic (exact) mass is 440 g/mol. The van der Waals surface area contributed by atoms with Crippen LogP contribution in [0, 0.1) is 0 Å². The summed E-state index contributed by atoms with van der Waals surface area (Å²) >= 11 is 6.28. The molecule has 1 amide bonds. The molecule has 8 heteroatoms. The molecule has 0 aliphatic carbocycles. The Morgan fingerprint density at radius 2 is 1.83 bits per heavy atom. The molecule has 0 saturated carbocycles. The maximum absolute atomic E-state index is 12.8. The Labute approximate surface area is 184 Å². The Bertz CT molecular complexity index is 757. The van der Waals surface area contributed by atoms with E-state index in [9.17, 15) is 9.59 Å². The second-order valence-electron chi connectivity index (χ2n) is 7.95. The van der Waals surface area contributed by atoms with Crippen molar-refractivity contribution in [1.82, 2.24) is 9.80 Å². The molecule has 1 aromatic rings. The van der Waals surface area contributed by atoms with Crippen molar-refractivity contribution in [3.63, 3.8) is 0 Å². The molecule has 0 unspecified atom stereocenters. The number of ether oxygens (including phenoxy) is 3. The highest BCUT2D eigenvalue weighted by Crippen LogP contribution is 2.36. The van der Waals surface area contributed by atoms with Gasteiger partial charge in [-0.2, -0.15) is 0 Å². The third-order valence-electron chi connectivity index (χ3n) is 3.83. The van der Waals surface area contributed by atoms with Crippen molar-refractivity contribution in [3.8, 4) is 11.5 Å². The Morgan fingerprint density at radius 1 is 1.17 bits per heavy atom. The van der Waals surface area contributed by atoms with E-state index in [0.29, 0.717) is 41.8 Å². The van der Waals surface area contributed by atoms with Gasteiger partial charge in [0, 0.05) is 19.2 Å². The van der Waals surface area contributed by atoms with Gasteiger partial charge in [-0.15, -0.1) is 0 Å². The van der Waals surface area contributed by atoms with Crippen molar-refractivity contribution < 1.29 is 23.8 Å². The number of nitrogens with zero attached hydrogens (tertiary/aromatic N) is 2. The third kappa shape index (κ3) is 9.05. The molecule has 0 aliphatic heterocycles. The lowest BCUT2D eigenvalue weighted by Gasteiger charge is -2.25. The van der Waals surface area contributed by atoms with Crippen LogP contribution in [0.1, 0.15) is 33.3 Å². The normalized spacial score (nSPS) is 11.6. The molecule has 30 heavy (non-hydrogen) atoms. The molecule has 0 bridgehead atoms. The maximum atomic E-state index is 12.8. The molecule has 0 heterocycles. The van der Waals surface area contributed by atoms with E-state index in [1.54, 1.807) is 39.0 Å². The second kappa shape index (κ2) is 11.8. The van der Waals surface area contributed by atoms with E-state index in [1.807, 2.05) is 25.9 Å². The van der Waals surface area contributed by atoms with Crippen molar-refractivity contribution in [2.75, 3.05) is 47.4 Å². The molecule has 0 radical (unpaired) electrons. The van der Waals surface area contributed by atoms with Crippen LogP contribution in [-0.2, 0) is 14.3 Å². The first-order chi connectivity index (χ1) is 14.0. The molecule has 0 saturated heterocycles. The zero-order valence-electron chi connectivity index (χ0n) is 19.0. The summed E-state index contributed by atoms with van der Waals surface area (Å²) in [4.78, 5) is 28.4. The van der Waals surface area contributed by atoms with Gasteiger partial charge >= 0.3 is 5.97 Å². The maximum Gasteiger partial charge on any atom is 0.326 e. The van der Waals surface area contributed by atoms with Gasteiger partial charge in [0.15, 0.2) is 11.5 Å². The lowest BCUT2D eigenvalue weighted by atomic mass is 10.1. The Balaban J connectivity index is 3.00. The summed E-state index contributed by atoms with van der Waals surface area (Å²) in [6.45, 7) is 8.57. The fraction of sp³-hybridized carbons (Fsp3) is 0.545. The van der Waals surface area contributed by atoms with Crippen LogP contribution in [0.15, 0.2) is 18.2 Å². The van der Waals surface area contributed by atoms with Crippen molar-refractivity contribution in [3.05, 3.63) is 28.8 Å². The van der Waals surface area contributed by atoms with E-state index in [1.165, 1.54) is 18.1 Å². The van der Waals surface area contributed by atoms with Crippen molar-refractivity contribution in [2.45, 2.75) is 33.3 Å². The zero-order valence-corrected chi connectivity index (χ0v) is 19.7. The summed E-state index contributed by atoms with van der Waals surface area (Å²) in [5.74, 6) is 0.192. The number of esters is 1. The lowest BCUT2D eigenvalue weighted by molar-refractivity contribution is -0.158. The second-order valence-corrected chi connectivity index (χ2v) is 8.36. The molecular weight excluding hydrogens is 408 g/mol. The number of likely N-dealkylation sites (N-methyl/N-ethyl adjacent to an activating group) is 1. The van der Waals surface area contributed by atoms with Gasteiger partial charge in [-0.1, -0.05) is 11.6 Å². The van der Waals surface area contributed by atoms with E-state index in [-0.39, 0.29) is 12.5 Å². The third-order valence-corrected chi connectivity index (χ3v) is 4.11. The van der Waals surface area contributed by atoms with Gasteiger partial charge in [0.1, 0.15) is 12.1 Å². The summed E-state index contributed by atoms with van der Waals surface area (Å²) in [5, 5.41) is 0.390. The van der Waals surface area contributed by atoms with Crippen LogP contribution in [0.2, 0.25) is 5.02 Å². The molecule has 1 aromatic carbocycles. The van der Waals surface area contributed by atoms with Crippen LogP contribution < -0.4 is 9.47 Å². The molecule has 0 aromatic heterocycles. The lowest BCUT2D eigenvalue weighted by Crippen LogP contribution is -2.41. The number of amides is 1. The van der Waals surface area contributed by atoms with Gasteiger partial charge in [0.05, 0.1) is 18.7 Å². The van der Waals surface area contributed by atoms with Gasteiger partial charge < -0.3 is 24.0 Å². The smallest absolute Gasteiger partial charge is 0.326 e. The molecule has 168 valence electrons. The number of carbonyl (C=O) groups is 2. The molecule has 7 nitrogen and oxygen atoms in total. The number of benzene rings is 1. The number of hydrogen-bond donors (Lipinski definition) is 0. The quantitative estimate of drug-likeness (QED) is 0.409. The summed E-state index contributed by atoms with van der Waals surface area (Å²) in [6, 6.07) is 3.43. The first kappa shape index (κ1) is 25.8. The van der Waals surface area contributed by atoms with Gasteiger partial charge in [0.25, 0.3) is 0 Å². The van der Waals surface area contributed by atoms with Crippen LogP contribution in [0.5, 0.6) is 11.5 Å². The van der Waals surface area contributed by atoms with Gasteiger partial charge in [0.2, 0.25) is 5.91 Å². The molecule has 0 N–H and O–H groups in total. The Hall–Kier alpha value is -2.25. The number of methoxy groups -OCH3 is 1. The van der Waals surface area contributed by atoms with Gasteiger partial charge in [-0.05, 0) is 65.6 Å². The average molecular weight is 441 g/mol. The van der Waals surface area contributed by atoms with E-state index in [0.717, 1.165) is 0 Å². The zero-order chi connectivity index (χ0) is 22.9. The number of hydrogen-bond acceptors (Lipinski definition) is 6.